The Morgan fingerprint density at radius 1 is 1.26 bits per heavy atom. The van der Waals surface area contributed by atoms with Gasteiger partial charge in [-0.05, 0) is 19.8 Å². The molecule has 0 radical (unpaired) electrons. The van der Waals surface area contributed by atoms with Crippen LogP contribution in [0.5, 0.6) is 0 Å². The molecule has 0 aromatic carbocycles. The molecular weight excluding hydrogens is 252 g/mol. The van der Waals surface area contributed by atoms with E-state index in [-0.39, 0.29) is 6.04 Å². The van der Waals surface area contributed by atoms with Crippen LogP contribution in [0.25, 0.3) is 0 Å². The van der Waals surface area contributed by atoms with Crippen molar-refractivity contribution >= 4 is 18.0 Å². The van der Waals surface area contributed by atoms with Crippen molar-refractivity contribution in [2.75, 3.05) is 6.54 Å². The molecule has 108 valence electrons. The largest absolute Gasteiger partial charge is 0.481 e. The molecule has 7 nitrogen and oxygen atoms in total. The van der Waals surface area contributed by atoms with E-state index in [4.69, 9.17) is 10.2 Å². The molecule has 1 fully saturated rings. The van der Waals surface area contributed by atoms with Crippen LogP contribution in [0.2, 0.25) is 0 Å². The second kappa shape index (κ2) is 6.96. The number of aliphatic carboxylic acids is 2. The summed E-state index contributed by atoms with van der Waals surface area (Å²) in [4.78, 5) is 35.1. The lowest BCUT2D eigenvalue weighted by Crippen LogP contribution is -2.51. The summed E-state index contributed by atoms with van der Waals surface area (Å²) >= 11 is 0. The third-order valence-corrected chi connectivity index (χ3v) is 3.29. The van der Waals surface area contributed by atoms with Crippen molar-refractivity contribution in [1.29, 1.82) is 0 Å². The number of carboxylic acid groups (broad SMARTS) is 2. The number of rotatable bonds is 4. The number of hydrogen-bond donors (Lipinski definition) is 3. The monoisotopic (exact) mass is 272 g/mol. The molecule has 1 rings (SSSR count). The fraction of sp³-hybridized carbons (Fsp3) is 0.750. The molecule has 19 heavy (non-hydrogen) atoms. The molecule has 1 unspecified atom stereocenters. The van der Waals surface area contributed by atoms with Gasteiger partial charge in [-0.3, -0.25) is 4.79 Å². The molecule has 0 aliphatic carbocycles. The number of hydrogen-bond acceptors (Lipinski definition) is 3. The van der Waals surface area contributed by atoms with Gasteiger partial charge >= 0.3 is 18.0 Å². The Labute approximate surface area is 111 Å². The zero-order chi connectivity index (χ0) is 14.4. The Balaban J connectivity index is 2.64. The van der Waals surface area contributed by atoms with Crippen molar-refractivity contribution < 1.29 is 24.6 Å². The first kappa shape index (κ1) is 15.3. The molecule has 1 heterocycles. The Morgan fingerprint density at radius 3 is 2.53 bits per heavy atom. The van der Waals surface area contributed by atoms with Crippen LogP contribution < -0.4 is 5.32 Å². The van der Waals surface area contributed by atoms with Crippen LogP contribution >= 0.6 is 0 Å². The highest BCUT2D eigenvalue weighted by molar-refractivity contribution is 5.86. The summed E-state index contributed by atoms with van der Waals surface area (Å²) in [5, 5.41) is 19.8. The van der Waals surface area contributed by atoms with Crippen molar-refractivity contribution in [3.8, 4) is 0 Å². The van der Waals surface area contributed by atoms with E-state index in [9.17, 15) is 14.4 Å². The molecular formula is C12H20N2O5. The number of carboxylic acids is 2. The number of carbonyl (C=O) groups is 3. The first-order valence-corrected chi connectivity index (χ1v) is 6.43. The fourth-order valence-corrected chi connectivity index (χ4v) is 2.18. The molecule has 0 spiro atoms. The van der Waals surface area contributed by atoms with Crippen LogP contribution in [0.1, 0.15) is 39.0 Å². The minimum absolute atomic E-state index is 0.0433. The standard InChI is InChI=1S/C12H20N2O5/c1-8-5-3-2-4-6-14(8)12(19)13-9(11(17)18)7-10(15)16/h8-9H,2-7H2,1H3,(H,13,19)(H,15,16)(H,17,18)/t8?,9-/m1/s1. The Kier molecular flexibility index (Phi) is 5.59. The lowest BCUT2D eigenvalue weighted by atomic mass is 10.1. The predicted octanol–water partition coefficient (Wildman–Crippen LogP) is 0.888. The van der Waals surface area contributed by atoms with Gasteiger partial charge in [-0.2, -0.15) is 0 Å². The third-order valence-electron chi connectivity index (χ3n) is 3.29. The fourth-order valence-electron chi connectivity index (χ4n) is 2.18. The van der Waals surface area contributed by atoms with Gasteiger partial charge in [0, 0.05) is 12.6 Å². The summed E-state index contributed by atoms with van der Waals surface area (Å²) in [6, 6.07) is -1.84. The van der Waals surface area contributed by atoms with Crippen LogP contribution in [0, 0.1) is 0 Å². The lowest BCUT2D eigenvalue weighted by Gasteiger charge is -2.28. The first-order valence-electron chi connectivity index (χ1n) is 6.43. The van der Waals surface area contributed by atoms with Gasteiger partial charge in [0.2, 0.25) is 0 Å². The van der Waals surface area contributed by atoms with Crippen molar-refractivity contribution in [3.63, 3.8) is 0 Å². The van der Waals surface area contributed by atoms with Crippen LogP contribution in [0.3, 0.4) is 0 Å². The quantitative estimate of drug-likeness (QED) is 0.704. The number of carbonyl (C=O) groups excluding carboxylic acids is 1. The molecule has 2 atom stereocenters. The average molecular weight is 272 g/mol. The maximum absolute atomic E-state index is 12.0. The summed E-state index contributed by atoms with van der Waals surface area (Å²) < 4.78 is 0. The lowest BCUT2D eigenvalue weighted by molar-refractivity contribution is -0.145. The van der Waals surface area contributed by atoms with Gasteiger partial charge in [0.25, 0.3) is 0 Å². The summed E-state index contributed by atoms with van der Waals surface area (Å²) in [5.41, 5.74) is 0. The summed E-state index contributed by atoms with van der Waals surface area (Å²) in [7, 11) is 0. The van der Waals surface area contributed by atoms with Crippen LogP contribution in [-0.2, 0) is 9.59 Å². The second-order valence-electron chi connectivity index (χ2n) is 4.83. The molecule has 0 bridgehead atoms. The van der Waals surface area contributed by atoms with E-state index >= 15 is 0 Å². The van der Waals surface area contributed by atoms with Gasteiger partial charge in [0.05, 0.1) is 6.42 Å². The highest BCUT2D eigenvalue weighted by atomic mass is 16.4. The molecule has 1 saturated heterocycles. The van der Waals surface area contributed by atoms with Gasteiger partial charge in [0.15, 0.2) is 0 Å². The maximum Gasteiger partial charge on any atom is 0.326 e. The molecule has 2 amide bonds. The number of likely N-dealkylation sites (tertiary alicyclic amines) is 1. The molecule has 0 aromatic heterocycles. The molecule has 7 heteroatoms. The zero-order valence-electron chi connectivity index (χ0n) is 11.0. The van der Waals surface area contributed by atoms with E-state index in [1.54, 1.807) is 4.90 Å². The molecule has 3 N–H and O–H groups in total. The molecule has 0 aromatic rings. The zero-order valence-corrected chi connectivity index (χ0v) is 11.0. The molecule has 0 saturated carbocycles. The van der Waals surface area contributed by atoms with E-state index < -0.39 is 30.4 Å². The minimum atomic E-state index is -1.39. The van der Waals surface area contributed by atoms with Crippen molar-refractivity contribution in [1.82, 2.24) is 10.2 Å². The molecule has 1 aliphatic rings. The van der Waals surface area contributed by atoms with Gasteiger partial charge < -0.3 is 20.4 Å². The second-order valence-corrected chi connectivity index (χ2v) is 4.83. The predicted molar refractivity (Wildman–Crippen MR) is 66.8 cm³/mol. The maximum atomic E-state index is 12.0. The van der Waals surface area contributed by atoms with Gasteiger partial charge in [0.1, 0.15) is 6.04 Å². The Morgan fingerprint density at radius 2 is 1.95 bits per heavy atom. The van der Waals surface area contributed by atoms with Crippen LogP contribution in [0.15, 0.2) is 0 Å². The Bertz CT molecular complexity index is 358. The summed E-state index contributed by atoms with van der Waals surface area (Å²) in [6.07, 6.45) is 3.23. The minimum Gasteiger partial charge on any atom is -0.481 e. The van der Waals surface area contributed by atoms with Crippen molar-refractivity contribution in [2.24, 2.45) is 0 Å². The number of urea groups is 1. The number of nitrogens with one attached hydrogen (secondary N) is 1. The van der Waals surface area contributed by atoms with E-state index in [1.165, 1.54) is 0 Å². The van der Waals surface area contributed by atoms with Crippen molar-refractivity contribution in [2.45, 2.75) is 51.1 Å². The number of nitrogens with zero attached hydrogens (tertiary/aromatic N) is 1. The normalized spacial score (nSPS) is 21.3. The Hall–Kier alpha value is -1.79. The average Bonchev–Trinajstić information content (AvgIpc) is 2.52. The van der Waals surface area contributed by atoms with E-state index in [0.717, 1.165) is 25.7 Å². The van der Waals surface area contributed by atoms with Crippen LogP contribution in [0.4, 0.5) is 4.79 Å². The third kappa shape index (κ3) is 4.76. The number of amides is 2. The van der Waals surface area contributed by atoms with E-state index in [0.29, 0.717) is 6.54 Å². The molecule has 1 aliphatic heterocycles. The smallest absolute Gasteiger partial charge is 0.326 e. The van der Waals surface area contributed by atoms with Gasteiger partial charge in [-0.15, -0.1) is 0 Å². The highest BCUT2D eigenvalue weighted by Gasteiger charge is 2.28. The van der Waals surface area contributed by atoms with Gasteiger partial charge in [-0.25, -0.2) is 9.59 Å². The van der Waals surface area contributed by atoms with E-state index in [2.05, 4.69) is 5.32 Å². The highest BCUT2D eigenvalue weighted by Crippen LogP contribution is 2.16. The van der Waals surface area contributed by atoms with Gasteiger partial charge in [-0.1, -0.05) is 12.8 Å². The summed E-state index contributed by atoms with van der Waals surface area (Å²) in [6.45, 7) is 2.49. The first-order chi connectivity index (χ1) is 8.91. The van der Waals surface area contributed by atoms with E-state index in [1.807, 2.05) is 6.92 Å². The SMILES string of the molecule is CC1CCCCCN1C(=O)N[C@H](CC(=O)O)C(=O)O. The topological polar surface area (TPSA) is 107 Å². The van der Waals surface area contributed by atoms with Crippen LogP contribution in [-0.4, -0.2) is 51.7 Å². The summed E-state index contributed by atoms with van der Waals surface area (Å²) in [5.74, 6) is -2.59. The van der Waals surface area contributed by atoms with Crippen molar-refractivity contribution in [3.05, 3.63) is 0 Å².